The Labute approximate surface area is 171 Å². The minimum Gasteiger partial charge on any atom is -0.460 e. The fourth-order valence-corrected chi connectivity index (χ4v) is 3.10. The Bertz CT molecular complexity index is 1150. The molecule has 4 rings (SSSR count). The third-order valence-electron chi connectivity index (χ3n) is 4.55. The third kappa shape index (κ3) is 4.00. The summed E-state index contributed by atoms with van der Waals surface area (Å²) in [6.07, 6.45) is 4.32. The van der Waals surface area contributed by atoms with E-state index in [9.17, 15) is 13.6 Å². The second kappa shape index (κ2) is 8.32. The zero-order valence-corrected chi connectivity index (χ0v) is 16.1. The van der Waals surface area contributed by atoms with Crippen LogP contribution in [-0.2, 0) is 6.42 Å². The van der Waals surface area contributed by atoms with Crippen molar-refractivity contribution in [2.75, 3.05) is 6.54 Å². The van der Waals surface area contributed by atoms with Crippen molar-refractivity contribution in [3.63, 3.8) is 0 Å². The van der Waals surface area contributed by atoms with Gasteiger partial charge in [-0.15, -0.1) is 0 Å². The van der Waals surface area contributed by atoms with Gasteiger partial charge in [-0.3, -0.25) is 9.36 Å². The fraction of sp³-hybridized carbons (Fsp3) is 0.190. The van der Waals surface area contributed by atoms with E-state index in [-0.39, 0.29) is 24.7 Å². The minimum atomic E-state index is -2.67. The van der Waals surface area contributed by atoms with Crippen LogP contribution in [0.2, 0.25) is 0 Å². The number of rotatable bonds is 7. The summed E-state index contributed by atoms with van der Waals surface area (Å²) in [5.74, 6) is 0.994. The molecule has 1 amide bonds. The molecule has 0 fully saturated rings. The number of para-hydroxylation sites is 1. The molecule has 7 nitrogen and oxygen atoms in total. The Hall–Kier alpha value is -3.75. The van der Waals surface area contributed by atoms with Crippen molar-refractivity contribution < 1.29 is 18.0 Å². The van der Waals surface area contributed by atoms with E-state index in [1.54, 1.807) is 23.0 Å². The van der Waals surface area contributed by atoms with Crippen molar-refractivity contribution in [3.8, 4) is 17.1 Å². The average molecular weight is 411 g/mol. The van der Waals surface area contributed by atoms with Crippen LogP contribution < -0.4 is 5.32 Å². The number of nitrogens with zero attached hydrogens (tertiary/aromatic N) is 4. The van der Waals surface area contributed by atoms with Gasteiger partial charge in [0.05, 0.1) is 11.3 Å². The number of alkyl halides is 2. The van der Waals surface area contributed by atoms with Crippen LogP contribution in [-0.4, -0.2) is 31.8 Å². The van der Waals surface area contributed by atoms with Crippen LogP contribution >= 0.6 is 0 Å². The molecule has 3 aromatic heterocycles. The van der Waals surface area contributed by atoms with Crippen molar-refractivity contribution in [1.29, 1.82) is 0 Å². The van der Waals surface area contributed by atoms with Crippen LogP contribution in [0, 0.1) is 6.92 Å². The maximum absolute atomic E-state index is 12.9. The van der Waals surface area contributed by atoms with E-state index in [0.29, 0.717) is 22.8 Å². The summed E-state index contributed by atoms with van der Waals surface area (Å²) < 4.78 is 33.9. The first kappa shape index (κ1) is 19.6. The lowest BCUT2D eigenvalue weighted by molar-refractivity contribution is 0.0670. The molecular formula is C21H19F2N5O2. The number of aromatic nitrogens is 4. The number of hydrogen-bond acceptors (Lipinski definition) is 4. The minimum absolute atomic E-state index is 0.149. The molecule has 9 heteroatoms. The number of aryl methyl sites for hydroxylation is 1. The van der Waals surface area contributed by atoms with Gasteiger partial charge in [-0.2, -0.15) is 13.9 Å². The number of carbonyl (C=O) groups is 1. The van der Waals surface area contributed by atoms with E-state index in [1.165, 1.54) is 12.4 Å². The first-order valence-electron chi connectivity index (χ1n) is 9.33. The van der Waals surface area contributed by atoms with Gasteiger partial charge >= 0.3 is 6.55 Å². The predicted octanol–water partition coefficient (Wildman–Crippen LogP) is 4.00. The van der Waals surface area contributed by atoms with Crippen LogP contribution in [0.3, 0.4) is 0 Å². The second-order valence-corrected chi connectivity index (χ2v) is 6.62. The summed E-state index contributed by atoms with van der Waals surface area (Å²) in [6.45, 7) is -0.714. The Kier molecular flexibility index (Phi) is 5.42. The molecule has 30 heavy (non-hydrogen) atoms. The quantitative estimate of drug-likeness (QED) is 0.499. The Morgan fingerprint density at radius 2 is 2.00 bits per heavy atom. The summed E-state index contributed by atoms with van der Waals surface area (Å²) in [5, 5.41) is 7.28. The largest absolute Gasteiger partial charge is 0.460 e. The normalized spacial score (nSPS) is 11.2. The molecule has 0 atom stereocenters. The first-order valence-corrected chi connectivity index (χ1v) is 9.33. The van der Waals surface area contributed by atoms with E-state index < -0.39 is 6.55 Å². The highest BCUT2D eigenvalue weighted by atomic mass is 19.3. The van der Waals surface area contributed by atoms with Crippen molar-refractivity contribution in [1.82, 2.24) is 24.6 Å². The smallest absolute Gasteiger partial charge is 0.319 e. The Balaban J connectivity index is 1.56. The molecule has 1 aromatic carbocycles. The number of carbonyl (C=O) groups excluding carboxylic acids is 1. The van der Waals surface area contributed by atoms with Gasteiger partial charge in [0, 0.05) is 31.6 Å². The average Bonchev–Trinajstić information content (AvgIpc) is 3.47. The maximum Gasteiger partial charge on any atom is 0.319 e. The molecule has 154 valence electrons. The van der Waals surface area contributed by atoms with Crippen molar-refractivity contribution >= 4 is 5.91 Å². The number of nitrogens with one attached hydrogen (secondary N) is 1. The standard InChI is InChI=1S/C21H19F2N5O2/c1-14-7-8-17(30-14)19-16(13-28(26-19)15-5-3-2-4-6-15)20(29)25-10-9-18-24-11-12-27(18)21(22)23/h2-8,11-13,21H,9-10H2,1H3,(H,25,29). The highest BCUT2D eigenvalue weighted by Gasteiger charge is 2.21. The Morgan fingerprint density at radius 1 is 1.20 bits per heavy atom. The third-order valence-corrected chi connectivity index (χ3v) is 4.55. The lowest BCUT2D eigenvalue weighted by Crippen LogP contribution is -2.26. The number of benzene rings is 1. The number of amides is 1. The van der Waals surface area contributed by atoms with Crippen LogP contribution in [0.1, 0.15) is 28.5 Å². The van der Waals surface area contributed by atoms with E-state index in [1.807, 2.05) is 37.3 Å². The highest BCUT2D eigenvalue weighted by Crippen LogP contribution is 2.25. The van der Waals surface area contributed by atoms with Gasteiger partial charge in [-0.25, -0.2) is 9.67 Å². The van der Waals surface area contributed by atoms with Gasteiger partial charge < -0.3 is 9.73 Å². The molecule has 0 aliphatic carbocycles. The number of furan rings is 1. The zero-order valence-electron chi connectivity index (χ0n) is 16.1. The molecule has 0 aliphatic rings. The monoisotopic (exact) mass is 411 g/mol. The zero-order chi connectivity index (χ0) is 21.1. The summed E-state index contributed by atoms with van der Waals surface area (Å²) >= 11 is 0. The number of halogens is 2. The van der Waals surface area contributed by atoms with E-state index in [4.69, 9.17) is 4.42 Å². The van der Waals surface area contributed by atoms with Gasteiger partial charge in [0.25, 0.3) is 5.91 Å². The summed E-state index contributed by atoms with van der Waals surface area (Å²) in [4.78, 5) is 16.8. The van der Waals surface area contributed by atoms with Gasteiger partial charge in [0.2, 0.25) is 0 Å². The molecule has 1 N–H and O–H groups in total. The van der Waals surface area contributed by atoms with Gasteiger partial charge in [-0.1, -0.05) is 18.2 Å². The van der Waals surface area contributed by atoms with Crippen LogP contribution in [0.25, 0.3) is 17.1 Å². The number of hydrogen-bond donors (Lipinski definition) is 1. The van der Waals surface area contributed by atoms with Gasteiger partial charge in [0.15, 0.2) is 5.76 Å². The molecule has 0 saturated carbocycles. The Morgan fingerprint density at radius 3 is 2.70 bits per heavy atom. The molecule has 4 aromatic rings. The summed E-state index contributed by atoms with van der Waals surface area (Å²) in [5.41, 5.74) is 1.52. The molecule has 0 aliphatic heterocycles. The molecule has 0 saturated heterocycles. The topological polar surface area (TPSA) is 77.9 Å². The van der Waals surface area contributed by atoms with Crippen molar-refractivity contribution in [2.45, 2.75) is 19.9 Å². The van der Waals surface area contributed by atoms with Crippen LogP contribution in [0.5, 0.6) is 0 Å². The van der Waals surface area contributed by atoms with E-state index >= 15 is 0 Å². The predicted molar refractivity (Wildman–Crippen MR) is 106 cm³/mol. The van der Waals surface area contributed by atoms with E-state index in [0.717, 1.165) is 10.3 Å². The second-order valence-electron chi connectivity index (χ2n) is 6.62. The molecule has 0 bridgehead atoms. The SMILES string of the molecule is Cc1ccc(-c2nn(-c3ccccc3)cc2C(=O)NCCc2nccn2C(F)F)o1. The highest BCUT2D eigenvalue weighted by molar-refractivity contribution is 5.99. The molecular weight excluding hydrogens is 392 g/mol. The van der Waals surface area contributed by atoms with Crippen LogP contribution in [0.4, 0.5) is 8.78 Å². The van der Waals surface area contributed by atoms with Gasteiger partial charge in [0.1, 0.15) is 17.3 Å². The lowest BCUT2D eigenvalue weighted by atomic mass is 10.2. The van der Waals surface area contributed by atoms with Crippen LogP contribution in [0.15, 0.2) is 65.5 Å². The summed E-state index contributed by atoms with van der Waals surface area (Å²) in [7, 11) is 0. The van der Waals surface area contributed by atoms with Crippen molar-refractivity contribution in [2.24, 2.45) is 0 Å². The first-order chi connectivity index (χ1) is 14.5. The van der Waals surface area contributed by atoms with Gasteiger partial charge in [-0.05, 0) is 31.2 Å². The molecule has 0 radical (unpaired) electrons. The van der Waals surface area contributed by atoms with E-state index in [2.05, 4.69) is 15.4 Å². The number of imidazole rings is 1. The fourth-order valence-electron chi connectivity index (χ4n) is 3.10. The maximum atomic E-state index is 12.9. The lowest BCUT2D eigenvalue weighted by Gasteiger charge is -2.07. The summed E-state index contributed by atoms with van der Waals surface area (Å²) in [6, 6.07) is 12.9. The molecule has 3 heterocycles. The molecule has 0 spiro atoms. The van der Waals surface area contributed by atoms with Crippen molar-refractivity contribution in [3.05, 3.63) is 78.2 Å². The molecule has 0 unspecified atom stereocenters.